The molecular formula is C21H38N2O4. The molecule has 27 heavy (non-hydrogen) atoms. The van der Waals surface area contributed by atoms with Crippen molar-refractivity contribution in [1.29, 1.82) is 0 Å². The van der Waals surface area contributed by atoms with Crippen molar-refractivity contribution in [3.63, 3.8) is 0 Å². The van der Waals surface area contributed by atoms with Gasteiger partial charge >= 0.3 is 5.97 Å². The highest BCUT2D eigenvalue weighted by atomic mass is 16.5. The van der Waals surface area contributed by atoms with Crippen molar-refractivity contribution >= 4 is 11.9 Å². The number of amides is 1. The second kappa shape index (κ2) is 10.4. The molecule has 2 rings (SSSR count). The van der Waals surface area contributed by atoms with E-state index in [1.807, 2.05) is 4.90 Å². The molecule has 0 aliphatic carbocycles. The Bertz CT molecular complexity index is 487. The SMILES string of the molecule is COCCCCCC(=O)N1CC(C(=O)O)C2(CCN(CCC(C)C)CC2)C1. The van der Waals surface area contributed by atoms with Crippen LogP contribution in [0.15, 0.2) is 0 Å². The first-order chi connectivity index (χ1) is 12.9. The van der Waals surface area contributed by atoms with Crippen LogP contribution >= 0.6 is 0 Å². The van der Waals surface area contributed by atoms with Crippen LogP contribution in [0, 0.1) is 17.3 Å². The fraction of sp³-hybridized carbons (Fsp3) is 0.905. The molecule has 2 aliphatic rings. The van der Waals surface area contributed by atoms with E-state index in [0.29, 0.717) is 25.4 Å². The number of carbonyl (C=O) groups is 2. The van der Waals surface area contributed by atoms with Gasteiger partial charge in [0.25, 0.3) is 0 Å². The lowest BCUT2D eigenvalue weighted by molar-refractivity contribution is -0.145. The van der Waals surface area contributed by atoms with E-state index in [1.54, 1.807) is 7.11 Å². The minimum atomic E-state index is -0.735. The molecule has 2 fully saturated rings. The average Bonchev–Trinajstić information content (AvgIpc) is 3.00. The summed E-state index contributed by atoms with van der Waals surface area (Å²) < 4.78 is 5.04. The van der Waals surface area contributed by atoms with Crippen LogP contribution in [-0.2, 0) is 14.3 Å². The van der Waals surface area contributed by atoms with Gasteiger partial charge < -0.3 is 19.6 Å². The van der Waals surface area contributed by atoms with E-state index >= 15 is 0 Å². The molecule has 0 saturated carbocycles. The lowest BCUT2D eigenvalue weighted by Gasteiger charge is -2.41. The largest absolute Gasteiger partial charge is 0.481 e. The van der Waals surface area contributed by atoms with Gasteiger partial charge in [-0.15, -0.1) is 0 Å². The molecule has 0 radical (unpaired) electrons. The standard InChI is InChI=1S/C21H38N2O4/c1-17(2)8-11-22-12-9-21(10-13-22)16-23(15-18(21)20(25)26)19(24)7-5-4-6-14-27-3/h17-18H,4-16H2,1-3H3,(H,25,26). The number of carboxylic acid groups (broad SMARTS) is 1. The number of rotatable bonds is 10. The third-order valence-electron chi connectivity index (χ3n) is 6.41. The van der Waals surface area contributed by atoms with Gasteiger partial charge in [-0.05, 0) is 57.7 Å². The third kappa shape index (κ3) is 6.18. The summed E-state index contributed by atoms with van der Waals surface area (Å²) in [5.41, 5.74) is -0.230. The number of hydrogen-bond donors (Lipinski definition) is 1. The van der Waals surface area contributed by atoms with E-state index in [1.165, 1.54) is 6.42 Å². The Labute approximate surface area is 164 Å². The minimum absolute atomic E-state index is 0.123. The first-order valence-corrected chi connectivity index (χ1v) is 10.6. The summed E-state index contributed by atoms with van der Waals surface area (Å²) in [5.74, 6) is -0.336. The van der Waals surface area contributed by atoms with Crippen LogP contribution < -0.4 is 0 Å². The number of carbonyl (C=O) groups excluding carboxylic acids is 1. The molecule has 1 N–H and O–H groups in total. The summed E-state index contributed by atoms with van der Waals surface area (Å²) in [6, 6.07) is 0. The highest BCUT2D eigenvalue weighted by molar-refractivity contribution is 5.79. The normalized spacial score (nSPS) is 22.7. The topological polar surface area (TPSA) is 70.1 Å². The number of hydrogen-bond acceptors (Lipinski definition) is 4. The molecule has 1 spiro atoms. The Hall–Kier alpha value is -1.14. The average molecular weight is 383 g/mol. The number of likely N-dealkylation sites (tertiary alicyclic amines) is 2. The van der Waals surface area contributed by atoms with E-state index in [4.69, 9.17) is 4.74 Å². The highest BCUT2D eigenvalue weighted by Gasteiger charge is 2.52. The monoisotopic (exact) mass is 382 g/mol. The quantitative estimate of drug-likeness (QED) is 0.588. The second-order valence-electron chi connectivity index (χ2n) is 8.86. The highest BCUT2D eigenvalue weighted by Crippen LogP contribution is 2.45. The van der Waals surface area contributed by atoms with Gasteiger partial charge in [-0.2, -0.15) is 0 Å². The first kappa shape index (κ1) is 22.2. The van der Waals surface area contributed by atoms with Crippen molar-refractivity contribution in [2.24, 2.45) is 17.3 Å². The van der Waals surface area contributed by atoms with E-state index in [-0.39, 0.29) is 11.3 Å². The predicted octanol–water partition coefficient (Wildman–Crippen LogP) is 2.86. The van der Waals surface area contributed by atoms with Crippen molar-refractivity contribution in [2.75, 3.05) is 46.4 Å². The Balaban J connectivity index is 1.87. The number of carboxylic acids is 1. The number of ether oxygens (including phenoxy) is 1. The number of unbranched alkanes of at least 4 members (excludes halogenated alkanes) is 2. The Morgan fingerprint density at radius 1 is 1.19 bits per heavy atom. The van der Waals surface area contributed by atoms with E-state index < -0.39 is 11.9 Å². The number of piperidine rings is 1. The van der Waals surface area contributed by atoms with Crippen LogP contribution in [0.4, 0.5) is 0 Å². The molecular weight excluding hydrogens is 344 g/mol. The molecule has 156 valence electrons. The summed E-state index contributed by atoms with van der Waals surface area (Å²) in [6.07, 6.45) is 6.28. The van der Waals surface area contributed by atoms with Crippen LogP contribution in [0.25, 0.3) is 0 Å². The van der Waals surface area contributed by atoms with Crippen molar-refractivity contribution < 1.29 is 19.4 Å². The lowest BCUT2D eigenvalue weighted by atomic mass is 9.71. The predicted molar refractivity (Wildman–Crippen MR) is 106 cm³/mol. The zero-order valence-corrected chi connectivity index (χ0v) is 17.4. The molecule has 1 atom stereocenters. The molecule has 1 amide bonds. The summed E-state index contributed by atoms with van der Waals surface area (Å²) >= 11 is 0. The molecule has 0 aromatic heterocycles. The van der Waals surface area contributed by atoms with Gasteiger partial charge in [0.1, 0.15) is 0 Å². The zero-order valence-electron chi connectivity index (χ0n) is 17.4. The van der Waals surface area contributed by atoms with E-state index in [9.17, 15) is 14.7 Å². The molecule has 1 unspecified atom stereocenters. The molecule has 0 aromatic rings. The fourth-order valence-electron chi connectivity index (χ4n) is 4.53. The van der Waals surface area contributed by atoms with Crippen LogP contribution in [0.1, 0.15) is 58.8 Å². The Morgan fingerprint density at radius 2 is 1.89 bits per heavy atom. The van der Waals surface area contributed by atoms with Crippen LogP contribution in [0.5, 0.6) is 0 Å². The van der Waals surface area contributed by atoms with Gasteiger partial charge in [-0.25, -0.2) is 0 Å². The van der Waals surface area contributed by atoms with Gasteiger partial charge in [0.2, 0.25) is 5.91 Å². The summed E-state index contributed by atoms with van der Waals surface area (Å²) in [6.45, 7) is 9.22. The molecule has 2 aliphatic heterocycles. The number of aliphatic carboxylic acids is 1. The van der Waals surface area contributed by atoms with Gasteiger partial charge in [0.05, 0.1) is 5.92 Å². The summed E-state index contributed by atoms with van der Waals surface area (Å²) in [5, 5.41) is 9.78. The maximum absolute atomic E-state index is 12.6. The molecule has 0 aromatic carbocycles. The van der Waals surface area contributed by atoms with Gasteiger partial charge in [0.15, 0.2) is 0 Å². The fourth-order valence-corrected chi connectivity index (χ4v) is 4.53. The van der Waals surface area contributed by atoms with Crippen LogP contribution in [-0.4, -0.2) is 73.2 Å². The summed E-state index contributed by atoms with van der Waals surface area (Å²) in [4.78, 5) is 28.8. The maximum Gasteiger partial charge on any atom is 0.308 e. The molecule has 6 heteroatoms. The van der Waals surface area contributed by atoms with Gasteiger partial charge in [-0.3, -0.25) is 9.59 Å². The second-order valence-corrected chi connectivity index (χ2v) is 8.86. The van der Waals surface area contributed by atoms with Crippen LogP contribution in [0.2, 0.25) is 0 Å². The van der Waals surface area contributed by atoms with Crippen molar-refractivity contribution in [2.45, 2.75) is 58.8 Å². The summed E-state index contributed by atoms with van der Waals surface area (Å²) in [7, 11) is 1.69. The Morgan fingerprint density at radius 3 is 2.48 bits per heavy atom. The molecule has 6 nitrogen and oxygen atoms in total. The van der Waals surface area contributed by atoms with Gasteiger partial charge in [0, 0.05) is 38.6 Å². The lowest BCUT2D eigenvalue weighted by Crippen LogP contribution is -2.46. The maximum atomic E-state index is 12.6. The van der Waals surface area contributed by atoms with E-state index in [0.717, 1.165) is 58.3 Å². The minimum Gasteiger partial charge on any atom is -0.481 e. The van der Waals surface area contributed by atoms with Crippen molar-refractivity contribution in [3.05, 3.63) is 0 Å². The smallest absolute Gasteiger partial charge is 0.308 e. The molecule has 2 heterocycles. The number of nitrogens with zero attached hydrogens (tertiary/aromatic N) is 2. The Kier molecular flexibility index (Phi) is 8.55. The zero-order chi connectivity index (χ0) is 19.9. The molecule has 0 bridgehead atoms. The molecule has 2 saturated heterocycles. The van der Waals surface area contributed by atoms with Crippen molar-refractivity contribution in [3.8, 4) is 0 Å². The van der Waals surface area contributed by atoms with Crippen molar-refractivity contribution in [1.82, 2.24) is 9.80 Å². The van der Waals surface area contributed by atoms with E-state index in [2.05, 4.69) is 18.7 Å². The third-order valence-corrected chi connectivity index (χ3v) is 6.41. The van der Waals surface area contributed by atoms with Gasteiger partial charge in [-0.1, -0.05) is 20.3 Å². The first-order valence-electron chi connectivity index (χ1n) is 10.6. The number of methoxy groups -OCH3 is 1. The van der Waals surface area contributed by atoms with Crippen LogP contribution in [0.3, 0.4) is 0 Å².